The Hall–Kier alpha value is -2.62. The van der Waals surface area contributed by atoms with Gasteiger partial charge < -0.3 is 26.0 Å². The molecule has 9 nitrogen and oxygen atoms in total. The number of ether oxygens (including phenoxy) is 1. The number of alkyl carbamates (subject to hydrolysis) is 1. The highest BCUT2D eigenvalue weighted by molar-refractivity contribution is 5.92. The molecule has 1 aromatic heterocycles. The van der Waals surface area contributed by atoms with Crippen LogP contribution in [-0.2, 0) is 11.3 Å². The molecule has 0 aliphatic heterocycles. The van der Waals surface area contributed by atoms with Gasteiger partial charge in [-0.05, 0) is 63.6 Å². The van der Waals surface area contributed by atoms with Crippen LogP contribution in [0.2, 0.25) is 0 Å². The van der Waals surface area contributed by atoms with Gasteiger partial charge >= 0.3 is 6.09 Å². The zero-order valence-corrected chi connectivity index (χ0v) is 17.7. The van der Waals surface area contributed by atoms with Gasteiger partial charge in [0.2, 0.25) is 0 Å². The number of H-pyrrole nitrogens is 1. The molecule has 0 spiro atoms. The number of aromatic amines is 1. The summed E-state index contributed by atoms with van der Waals surface area (Å²) >= 11 is 0. The largest absolute Gasteiger partial charge is 0.444 e. The molecule has 9 heteroatoms. The lowest BCUT2D eigenvalue weighted by molar-refractivity contribution is 0.0542. The van der Waals surface area contributed by atoms with E-state index in [-0.39, 0.29) is 12.5 Å². The standard InChI is InChI=1S/C21H31N5O4/c1-21(2,3)30-20(29)24-14-6-4-5-12(7-14)10-23-19-16-9-13(11-27)8-15(18(22)28)17(16)25-26-19/h7-9,12,18,27-28H,4-6,10-11,22H2,1-3H3,(H,24,29)(H2,23,25,26). The number of hydrogen-bond acceptors (Lipinski definition) is 7. The van der Waals surface area contributed by atoms with Gasteiger partial charge in [0, 0.05) is 23.2 Å². The van der Waals surface area contributed by atoms with E-state index in [0.717, 1.165) is 30.3 Å². The van der Waals surface area contributed by atoms with Crippen molar-refractivity contribution in [1.29, 1.82) is 0 Å². The third-order valence-electron chi connectivity index (χ3n) is 4.92. The van der Waals surface area contributed by atoms with E-state index in [1.165, 1.54) is 0 Å². The number of aliphatic hydroxyl groups is 2. The van der Waals surface area contributed by atoms with Crippen molar-refractivity contribution >= 4 is 22.8 Å². The van der Waals surface area contributed by atoms with Gasteiger partial charge in [-0.1, -0.05) is 6.08 Å². The summed E-state index contributed by atoms with van der Waals surface area (Å²) in [6.07, 6.45) is 3.21. The minimum Gasteiger partial charge on any atom is -0.444 e. The highest BCUT2D eigenvalue weighted by Gasteiger charge is 2.20. The van der Waals surface area contributed by atoms with Crippen LogP contribution < -0.4 is 16.4 Å². The third kappa shape index (κ3) is 5.50. The number of allylic oxidation sites excluding steroid dienone is 1. The first-order valence-electron chi connectivity index (χ1n) is 10.2. The van der Waals surface area contributed by atoms with Crippen LogP contribution in [-0.4, -0.2) is 38.6 Å². The quantitative estimate of drug-likeness (QED) is 0.396. The highest BCUT2D eigenvalue weighted by Crippen LogP contribution is 2.29. The molecule has 3 rings (SSSR count). The summed E-state index contributed by atoms with van der Waals surface area (Å²) in [5, 5.41) is 33.5. The van der Waals surface area contributed by atoms with Crippen molar-refractivity contribution in [1.82, 2.24) is 15.5 Å². The molecule has 1 aromatic carbocycles. The van der Waals surface area contributed by atoms with Gasteiger partial charge in [0.05, 0.1) is 12.1 Å². The zero-order valence-electron chi connectivity index (χ0n) is 17.7. The second-order valence-corrected chi connectivity index (χ2v) is 8.63. The molecular formula is C21H31N5O4. The summed E-state index contributed by atoms with van der Waals surface area (Å²) in [7, 11) is 0. The minimum atomic E-state index is -1.17. The van der Waals surface area contributed by atoms with Crippen molar-refractivity contribution in [3.63, 3.8) is 0 Å². The molecule has 0 radical (unpaired) electrons. The van der Waals surface area contributed by atoms with E-state index in [4.69, 9.17) is 10.5 Å². The van der Waals surface area contributed by atoms with E-state index in [1.54, 1.807) is 6.07 Å². The number of carbonyl (C=O) groups excluding carboxylic acids is 1. The number of carbonyl (C=O) groups is 1. The van der Waals surface area contributed by atoms with Gasteiger partial charge in [-0.25, -0.2) is 4.79 Å². The van der Waals surface area contributed by atoms with Crippen LogP contribution in [0.4, 0.5) is 10.6 Å². The lowest BCUT2D eigenvalue weighted by Crippen LogP contribution is -2.33. The number of amides is 1. The van der Waals surface area contributed by atoms with E-state index in [9.17, 15) is 15.0 Å². The predicted octanol–water partition coefficient (Wildman–Crippen LogP) is 2.63. The van der Waals surface area contributed by atoms with Crippen LogP contribution in [0.25, 0.3) is 10.9 Å². The van der Waals surface area contributed by atoms with Gasteiger partial charge in [-0.2, -0.15) is 5.10 Å². The number of nitrogens with zero attached hydrogens (tertiary/aromatic N) is 1. The van der Waals surface area contributed by atoms with Gasteiger partial charge in [-0.15, -0.1) is 0 Å². The Bertz CT molecular complexity index is 929. The van der Waals surface area contributed by atoms with Crippen LogP contribution in [0.5, 0.6) is 0 Å². The van der Waals surface area contributed by atoms with Crippen molar-refractivity contribution in [2.45, 2.75) is 58.5 Å². The second kappa shape index (κ2) is 9.03. The number of anilines is 1. The number of aromatic nitrogens is 2. The zero-order chi connectivity index (χ0) is 21.9. The Morgan fingerprint density at radius 3 is 2.87 bits per heavy atom. The predicted molar refractivity (Wildman–Crippen MR) is 114 cm³/mol. The lowest BCUT2D eigenvalue weighted by atomic mass is 9.93. The first-order chi connectivity index (χ1) is 14.2. The Kier molecular flexibility index (Phi) is 6.64. The number of aliphatic hydroxyl groups excluding tert-OH is 2. The molecule has 2 aromatic rings. The van der Waals surface area contributed by atoms with Crippen LogP contribution in [0.3, 0.4) is 0 Å². The monoisotopic (exact) mass is 417 g/mol. The molecule has 7 N–H and O–H groups in total. The molecule has 0 bridgehead atoms. The van der Waals surface area contributed by atoms with Crippen LogP contribution in [0.1, 0.15) is 57.4 Å². The third-order valence-corrected chi connectivity index (χ3v) is 4.92. The molecule has 2 unspecified atom stereocenters. The average Bonchev–Trinajstić information content (AvgIpc) is 3.07. The van der Waals surface area contributed by atoms with E-state index in [2.05, 4.69) is 26.9 Å². The number of hydrogen-bond donors (Lipinski definition) is 6. The summed E-state index contributed by atoms with van der Waals surface area (Å²) in [5.41, 5.74) is 7.75. The fraction of sp³-hybridized carbons (Fsp3) is 0.524. The number of nitrogens with two attached hydrogens (primary N) is 1. The maximum atomic E-state index is 12.0. The van der Waals surface area contributed by atoms with E-state index in [1.807, 2.05) is 26.8 Å². The van der Waals surface area contributed by atoms with Crippen molar-refractivity contribution in [2.75, 3.05) is 11.9 Å². The topological polar surface area (TPSA) is 146 Å². The maximum absolute atomic E-state index is 12.0. The summed E-state index contributed by atoms with van der Waals surface area (Å²) in [4.78, 5) is 12.0. The Morgan fingerprint density at radius 2 is 2.20 bits per heavy atom. The normalized spacial score (nSPS) is 18.1. The SMILES string of the molecule is CC(C)(C)OC(=O)NC1=CC(CNc2n[nH]c3c(C(N)O)cc(CO)cc23)CCC1. The van der Waals surface area contributed by atoms with E-state index < -0.39 is 17.9 Å². The highest BCUT2D eigenvalue weighted by atomic mass is 16.6. The minimum absolute atomic E-state index is 0.161. The Labute approximate surface area is 175 Å². The Morgan fingerprint density at radius 1 is 1.43 bits per heavy atom. The van der Waals surface area contributed by atoms with Crippen molar-refractivity contribution in [3.05, 3.63) is 35.0 Å². The smallest absolute Gasteiger partial charge is 0.411 e. The fourth-order valence-corrected chi connectivity index (χ4v) is 3.60. The summed E-state index contributed by atoms with van der Waals surface area (Å²) in [6.45, 7) is 5.97. The number of fused-ring (bicyclic) bond motifs is 1. The molecule has 1 amide bonds. The molecule has 2 atom stereocenters. The van der Waals surface area contributed by atoms with Crippen LogP contribution in [0, 0.1) is 5.92 Å². The van der Waals surface area contributed by atoms with Crippen molar-refractivity contribution in [3.8, 4) is 0 Å². The van der Waals surface area contributed by atoms with Crippen LogP contribution in [0.15, 0.2) is 23.9 Å². The molecule has 1 aliphatic rings. The second-order valence-electron chi connectivity index (χ2n) is 8.63. The number of nitrogens with one attached hydrogen (secondary N) is 3. The van der Waals surface area contributed by atoms with E-state index in [0.29, 0.717) is 29.0 Å². The van der Waals surface area contributed by atoms with Crippen LogP contribution >= 0.6 is 0 Å². The number of benzene rings is 1. The number of rotatable bonds is 6. The van der Waals surface area contributed by atoms with E-state index >= 15 is 0 Å². The molecule has 1 heterocycles. The molecule has 0 fully saturated rings. The summed E-state index contributed by atoms with van der Waals surface area (Å²) in [6, 6.07) is 3.48. The van der Waals surface area contributed by atoms with Gasteiger partial charge in [0.15, 0.2) is 5.82 Å². The first kappa shape index (κ1) is 22.1. The molecule has 1 aliphatic carbocycles. The van der Waals surface area contributed by atoms with Gasteiger partial charge in [-0.3, -0.25) is 10.4 Å². The first-order valence-corrected chi connectivity index (χ1v) is 10.2. The fourth-order valence-electron chi connectivity index (χ4n) is 3.60. The molecule has 0 saturated heterocycles. The molecule has 164 valence electrons. The molecule has 30 heavy (non-hydrogen) atoms. The molecular weight excluding hydrogens is 386 g/mol. The van der Waals surface area contributed by atoms with Gasteiger partial charge in [0.25, 0.3) is 0 Å². The average molecular weight is 418 g/mol. The summed E-state index contributed by atoms with van der Waals surface area (Å²) < 4.78 is 5.32. The van der Waals surface area contributed by atoms with Gasteiger partial charge in [0.1, 0.15) is 11.8 Å². The maximum Gasteiger partial charge on any atom is 0.411 e. The molecule has 0 saturated carbocycles. The Balaban J connectivity index is 1.70. The lowest BCUT2D eigenvalue weighted by Gasteiger charge is -2.24. The van der Waals surface area contributed by atoms with Crippen molar-refractivity contribution < 1.29 is 19.7 Å². The van der Waals surface area contributed by atoms with Crippen molar-refractivity contribution in [2.24, 2.45) is 11.7 Å². The summed E-state index contributed by atoms with van der Waals surface area (Å²) in [5.74, 6) is 0.846.